The van der Waals surface area contributed by atoms with Gasteiger partial charge < -0.3 is 24.3 Å². The van der Waals surface area contributed by atoms with Crippen molar-refractivity contribution in [2.45, 2.75) is 4.90 Å². The fourth-order valence-electron chi connectivity index (χ4n) is 3.16. The van der Waals surface area contributed by atoms with Crippen LogP contribution in [0.25, 0.3) is 0 Å². The van der Waals surface area contributed by atoms with Crippen molar-refractivity contribution in [2.75, 3.05) is 36.7 Å². The second-order valence-corrected chi connectivity index (χ2v) is 9.89. The van der Waals surface area contributed by atoms with E-state index >= 15 is 0 Å². The Balaban J connectivity index is 1.24. The molecule has 1 heterocycles. The van der Waals surface area contributed by atoms with Crippen molar-refractivity contribution in [3.8, 4) is 17.2 Å². The number of fused-ring (bicyclic) bond motifs is 1. The van der Waals surface area contributed by atoms with E-state index in [2.05, 4.69) is 5.32 Å². The molecular weight excluding hydrogens is 512 g/mol. The normalized spacial score (nSPS) is 12.1. The van der Waals surface area contributed by atoms with E-state index in [-0.39, 0.29) is 11.7 Å². The Morgan fingerprint density at radius 1 is 0.972 bits per heavy atom. The summed E-state index contributed by atoms with van der Waals surface area (Å²) in [4.78, 5) is 24.1. The summed E-state index contributed by atoms with van der Waals surface area (Å²) >= 11 is 5.83. The van der Waals surface area contributed by atoms with Gasteiger partial charge in [-0.25, -0.2) is 13.2 Å². The quantitative estimate of drug-likeness (QED) is 0.416. The number of amides is 1. The molecule has 12 heteroatoms. The molecule has 0 radical (unpaired) electrons. The average Bonchev–Trinajstić information content (AvgIpc) is 3.34. The molecule has 1 aliphatic rings. The predicted octanol–water partition coefficient (Wildman–Crippen LogP) is 3.45. The van der Waals surface area contributed by atoms with Gasteiger partial charge >= 0.3 is 5.97 Å². The van der Waals surface area contributed by atoms with E-state index in [1.807, 2.05) is 0 Å². The van der Waals surface area contributed by atoms with Crippen LogP contribution in [0.1, 0.15) is 0 Å². The number of hydrogen-bond acceptors (Lipinski definition) is 8. The summed E-state index contributed by atoms with van der Waals surface area (Å²) in [5.74, 6) is 0.133. The molecule has 0 aliphatic carbocycles. The van der Waals surface area contributed by atoms with Gasteiger partial charge in [-0.1, -0.05) is 11.6 Å². The number of rotatable bonds is 9. The molecule has 0 bridgehead atoms. The van der Waals surface area contributed by atoms with Gasteiger partial charge in [0.15, 0.2) is 24.7 Å². The highest BCUT2D eigenvalue weighted by atomic mass is 35.5. The molecule has 0 saturated carbocycles. The molecule has 3 aromatic rings. The van der Waals surface area contributed by atoms with E-state index in [0.29, 0.717) is 33.6 Å². The van der Waals surface area contributed by atoms with Crippen molar-refractivity contribution in [2.24, 2.45) is 0 Å². The fourth-order valence-corrected chi connectivity index (χ4v) is 4.48. The molecule has 1 N–H and O–H groups in total. The second kappa shape index (κ2) is 10.8. The van der Waals surface area contributed by atoms with Crippen molar-refractivity contribution < 1.29 is 37.0 Å². The molecule has 10 nitrogen and oxygen atoms in total. The molecule has 36 heavy (non-hydrogen) atoms. The third-order valence-corrected chi connectivity index (χ3v) is 7.10. The number of carbonyl (C=O) groups excluding carboxylic acids is 2. The number of carbonyl (C=O) groups is 2. The van der Waals surface area contributed by atoms with Crippen LogP contribution in [-0.4, -0.2) is 47.3 Å². The summed E-state index contributed by atoms with van der Waals surface area (Å²) in [6.07, 6.45) is 0. The number of benzene rings is 3. The number of ether oxygens (including phenoxy) is 4. The van der Waals surface area contributed by atoms with Crippen molar-refractivity contribution in [3.63, 3.8) is 0 Å². The van der Waals surface area contributed by atoms with Gasteiger partial charge in [0.25, 0.3) is 15.9 Å². The maximum absolute atomic E-state index is 12.8. The molecule has 0 unspecified atom stereocenters. The van der Waals surface area contributed by atoms with Gasteiger partial charge in [-0.3, -0.25) is 9.10 Å². The molecule has 1 aliphatic heterocycles. The number of anilines is 2. The lowest BCUT2D eigenvalue weighted by Crippen LogP contribution is -2.26. The average molecular weight is 533 g/mol. The number of halogens is 1. The molecule has 3 aromatic carbocycles. The maximum Gasteiger partial charge on any atom is 0.344 e. The highest BCUT2D eigenvalue weighted by Crippen LogP contribution is 2.34. The van der Waals surface area contributed by atoms with Gasteiger partial charge in [-0.2, -0.15) is 0 Å². The predicted molar refractivity (Wildman–Crippen MR) is 131 cm³/mol. The van der Waals surface area contributed by atoms with E-state index in [1.165, 1.54) is 55.6 Å². The lowest BCUT2D eigenvalue weighted by Gasteiger charge is -2.20. The summed E-state index contributed by atoms with van der Waals surface area (Å²) in [5, 5.41) is 3.02. The Labute approximate surface area is 212 Å². The number of nitrogens with one attached hydrogen (secondary N) is 1. The lowest BCUT2D eigenvalue weighted by atomic mass is 10.3. The number of esters is 1. The van der Waals surface area contributed by atoms with E-state index < -0.39 is 35.1 Å². The van der Waals surface area contributed by atoms with Gasteiger partial charge in [-0.15, -0.1) is 0 Å². The molecule has 4 rings (SSSR count). The number of nitrogens with zero attached hydrogens (tertiary/aromatic N) is 1. The van der Waals surface area contributed by atoms with Gasteiger partial charge in [-0.05, 0) is 60.7 Å². The third-order valence-electron chi connectivity index (χ3n) is 5.05. The SMILES string of the molecule is CN(c1ccc(OCC(=O)OCC(=O)Nc2ccc3c(c2)OCO3)cc1)S(=O)(=O)c1ccc(Cl)cc1. The van der Waals surface area contributed by atoms with Crippen molar-refractivity contribution in [1.29, 1.82) is 0 Å². The van der Waals surface area contributed by atoms with Crippen LogP contribution in [0.4, 0.5) is 11.4 Å². The minimum absolute atomic E-state index is 0.0973. The largest absolute Gasteiger partial charge is 0.482 e. The first-order valence-corrected chi connectivity index (χ1v) is 12.4. The Bertz CT molecular complexity index is 1360. The molecule has 0 atom stereocenters. The third kappa shape index (κ3) is 5.99. The number of hydrogen-bond donors (Lipinski definition) is 1. The zero-order valence-corrected chi connectivity index (χ0v) is 20.5. The molecule has 1 amide bonds. The Morgan fingerprint density at radius 2 is 1.67 bits per heavy atom. The first-order chi connectivity index (χ1) is 17.2. The van der Waals surface area contributed by atoms with Crippen molar-refractivity contribution >= 4 is 44.9 Å². The molecule has 0 fully saturated rings. The summed E-state index contributed by atoms with van der Waals surface area (Å²) < 4.78 is 47.4. The van der Waals surface area contributed by atoms with Gasteiger partial charge in [0.05, 0.1) is 10.6 Å². The topological polar surface area (TPSA) is 120 Å². The first kappa shape index (κ1) is 25.1. The van der Waals surface area contributed by atoms with Crippen LogP contribution in [0.2, 0.25) is 5.02 Å². The highest BCUT2D eigenvalue weighted by molar-refractivity contribution is 7.92. The molecule has 0 aromatic heterocycles. The van der Waals surface area contributed by atoms with Crippen molar-refractivity contribution in [3.05, 3.63) is 71.8 Å². The summed E-state index contributed by atoms with van der Waals surface area (Å²) in [7, 11) is -2.36. The summed E-state index contributed by atoms with van der Waals surface area (Å²) in [5.41, 5.74) is 0.861. The van der Waals surface area contributed by atoms with E-state index in [1.54, 1.807) is 18.2 Å². The van der Waals surface area contributed by atoms with Gasteiger partial charge in [0, 0.05) is 23.8 Å². The van der Waals surface area contributed by atoms with Crippen LogP contribution in [0.3, 0.4) is 0 Å². The van der Waals surface area contributed by atoms with E-state index in [9.17, 15) is 18.0 Å². The number of sulfonamides is 1. The maximum atomic E-state index is 12.8. The first-order valence-electron chi connectivity index (χ1n) is 10.5. The van der Waals surface area contributed by atoms with Gasteiger partial charge in [0.2, 0.25) is 6.79 Å². The lowest BCUT2D eigenvalue weighted by molar-refractivity contribution is -0.149. The molecule has 0 spiro atoms. The Kier molecular flexibility index (Phi) is 7.51. The van der Waals surface area contributed by atoms with Gasteiger partial charge in [0.1, 0.15) is 5.75 Å². The van der Waals surface area contributed by atoms with Crippen molar-refractivity contribution in [1.82, 2.24) is 0 Å². The fraction of sp³-hybridized carbons (Fsp3) is 0.167. The van der Waals surface area contributed by atoms with Crippen LogP contribution < -0.4 is 23.8 Å². The summed E-state index contributed by atoms with van der Waals surface area (Å²) in [6.45, 7) is -0.815. The van der Waals surface area contributed by atoms with Crippen LogP contribution in [0.15, 0.2) is 71.6 Å². The zero-order chi connectivity index (χ0) is 25.7. The highest BCUT2D eigenvalue weighted by Gasteiger charge is 2.21. The molecular formula is C24H21ClN2O8S. The Hall–Kier alpha value is -3.96. The van der Waals surface area contributed by atoms with Crippen LogP contribution >= 0.6 is 11.6 Å². The minimum atomic E-state index is -3.78. The second-order valence-electron chi connectivity index (χ2n) is 7.49. The Morgan fingerprint density at radius 3 is 2.39 bits per heavy atom. The van der Waals surface area contributed by atoms with E-state index in [4.69, 9.17) is 30.5 Å². The molecule has 0 saturated heterocycles. The molecule has 188 valence electrons. The monoisotopic (exact) mass is 532 g/mol. The minimum Gasteiger partial charge on any atom is -0.482 e. The van der Waals surface area contributed by atoms with E-state index in [0.717, 1.165) is 4.31 Å². The summed E-state index contributed by atoms with van der Waals surface area (Å²) in [6, 6.07) is 16.8. The van der Waals surface area contributed by atoms with Crippen LogP contribution in [-0.2, 0) is 24.3 Å². The smallest absolute Gasteiger partial charge is 0.344 e. The van der Waals surface area contributed by atoms with Crippen LogP contribution in [0.5, 0.6) is 17.2 Å². The van der Waals surface area contributed by atoms with Crippen LogP contribution in [0, 0.1) is 0 Å². The standard InChI is InChI=1S/C24H21ClN2O8S/c1-27(36(30,31)20-9-2-16(25)3-10-20)18-5-7-19(8-6-18)32-14-24(29)33-13-23(28)26-17-4-11-21-22(12-17)35-15-34-21/h2-12H,13-15H2,1H3,(H,26,28). The zero-order valence-electron chi connectivity index (χ0n) is 19.0.